The van der Waals surface area contributed by atoms with E-state index in [4.69, 9.17) is 4.74 Å². The van der Waals surface area contributed by atoms with Crippen LogP contribution in [0.5, 0.6) is 5.75 Å². The second kappa shape index (κ2) is 4.85. The van der Waals surface area contributed by atoms with Crippen LogP contribution < -0.4 is 4.74 Å². The van der Waals surface area contributed by atoms with Gasteiger partial charge in [-0.1, -0.05) is 19.1 Å². The van der Waals surface area contributed by atoms with E-state index in [0.717, 1.165) is 49.4 Å². The predicted molar refractivity (Wildman–Crippen MR) is 89.3 cm³/mol. The molecule has 2 fully saturated rings. The summed E-state index contributed by atoms with van der Waals surface area (Å²) in [7, 11) is 0. The van der Waals surface area contributed by atoms with E-state index in [-0.39, 0.29) is 11.4 Å². The first kappa shape index (κ1) is 14.1. The molecule has 1 spiro atoms. The van der Waals surface area contributed by atoms with E-state index in [1.54, 1.807) is 6.33 Å². The summed E-state index contributed by atoms with van der Waals surface area (Å²) in [4.78, 5) is 19.8. The molecular formula is C19H21N3O2. The van der Waals surface area contributed by atoms with Crippen molar-refractivity contribution in [3.8, 4) is 11.4 Å². The average molecular weight is 323 g/mol. The van der Waals surface area contributed by atoms with Gasteiger partial charge in [0.2, 0.25) is 0 Å². The smallest absolute Gasteiger partial charge is 0.274 e. The number of para-hydroxylation sites is 2. The minimum Gasteiger partial charge on any atom is -0.485 e. The van der Waals surface area contributed by atoms with Gasteiger partial charge in [-0.2, -0.15) is 0 Å². The monoisotopic (exact) mass is 323 g/mol. The molecule has 1 amide bonds. The zero-order valence-corrected chi connectivity index (χ0v) is 13.9. The maximum absolute atomic E-state index is 13.2. The predicted octanol–water partition coefficient (Wildman–Crippen LogP) is 3.17. The zero-order valence-electron chi connectivity index (χ0n) is 13.9. The van der Waals surface area contributed by atoms with E-state index < -0.39 is 0 Å². The molecule has 5 heteroatoms. The van der Waals surface area contributed by atoms with Crippen molar-refractivity contribution < 1.29 is 9.53 Å². The van der Waals surface area contributed by atoms with Crippen LogP contribution in [0.3, 0.4) is 0 Å². The molecule has 1 atom stereocenters. The highest BCUT2D eigenvalue weighted by atomic mass is 16.5. The molecule has 124 valence electrons. The quantitative estimate of drug-likeness (QED) is 0.810. The van der Waals surface area contributed by atoms with Gasteiger partial charge in [0, 0.05) is 12.1 Å². The Bertz CT molecular complexity index is 822. The number of rotatable bonds is 1. The van der Waals surface area contributed by atoms with Crippen LogP contribution in [-0.4, -0.2) is 32.4 Å². The number of amides is 1. The Hall–Kier alpha value is -2.30. The van der Waals surface area contributed by atoms with Gasteiger partial charge >= 0.3 is 0 Å². The molecule has 1 saturated carbocycles. The first-order chi connectivity index (χ1) is 11.7. The first-order valence-electron chi connectivity index (χ1n) is 8.78. The number of nitrogens with zero attached hydrogens (tertiary/aromatic N) is 3. The van der Waals surface area contributed by atoms with Gasteiger partial charge in [-0.05, 0) is 43.7 Å². The van der Waals surface area contributed by atoms with Crippen LogP contribution in [0.2, 0.25) is 0 Å². The zero-order chi connectivity index (χ0) is 16.3. The largest absolute Gasteiger partial charge is 0.485 e. The van der Waals surface area contributed by atoms with Crippen LogP contribution in [0.15, 0.2) is 30.6 Å². The fourth-order valence-corrected chi connectivity index (χ4v) is 4.33. The molecule has 1 unspecified atom stereocenters. The lowest BCUT2D eigenvalue weighted by Gasteiger charge is -2.39. The van der Waals surface area contributed by atoms with Crippen molar-refractivity contribution >= 4 is 5.91 Å². The van der Waals surface area contributed by atoms with E-state index in [1.807, 2.05) is 28.8 Å². The summed E-state index contributed by atoms with van der Waals surface area (Å²) in [6.45, 7) is 3.55. The topological polar surface area (TPSA) is 47.4 Å². The average Bonchev–Trinajstić information content (AvgIpc) is 3.20. The Balaban J connectivity index is 1.51. The van der Waals surface area contributed by atoms with Crippen molar-refractivity contribution in [3.63, 3.8) is 0 Å². The van der Waals surface area contributed by atoms with Crippen LogP contribution >= 0.6 is 0 Å². The Labute approximate surface area is 141 Å². The minimum absolute atomic E-state index is 0.0798. The SMILES string of the molecule is CC1CCN(C(=O)c2ncn3c2COc2ccccc2-3)C2(CC2)C1. The summed E-state index contributed by atoms with van der Waals surface area (Å²) >= 11 is 0. The summed E-state index contributed by atoms with van der Waals surface area (Å²) in [6.07, 6.45) is 6.25. The van der Waals surface area contributed by atoms with E-state index in [1.165, 1.54) is 0 Å². The second-order valence-electron chi connectivity index (χ2n) is 7.45. The van der Waals surface area contributed by atoms with Gasteiger partial charge in [0.05, 0.1) is 11.4 Å². The third kappa shape index (κ3) is 1.93. The summed E-state index contributed by atoms with van der Waals surface area (Å²) < 4.78 is 7.84. The molecule has 1 aromatic carbocycles. The summed E-state index contributed by atoms with van der Waals surface area (Å²) in [6, 6.07) is 7.88. The number of fused-ring (bicyclic) bond motifs is 3. The van der Waals surface area contributed by atoms with Crippen LogP contribution in [-0.2, 0) is 6.61 Å². The summed E-state index contributed by atoms with van der Waals surface area (Å²) in [5, 5.41) is 0. The second-order valence-corrected chi connectivity index (χ2v) is 7.45. The van der Waals surface area contributed by atoms with Gasteiger partial charge in [-0.3, -0.25) is 9.36 Å². The van der Waals surface area contributed by atoms with Crippen molar-refractivity contribution in [2.45, 2.75) is 44.8 Å². The van der Waals surface area contributed by atoms with E-state index in [9.17, 15) is 4.79 Å². The van der Waals surface area contributed by atoms with Crippen LogP contribution in [0.25, 0.3) is 5.69 Å². The maximum Gasteiger partial charge on any atom is 0.274 e. The van der Waals surface area contributed by atoms with Crippen molar-refractivity contribution in [1.82, 2.24) is 14.5 Å². The molecule has 2 aliphatic heterocycles. The fraction of sp³-hybridized carbons (Fsp3) is 0.474. The number of hydrogen-bond acceptors (Lipinski definition) is 3. The molecule has 5 rings (SSSR count). The maximum atomic E-state index is 13.2. The summed E-state index contributed by atoms with van der Waals surface area (Å²) in [5.74, 6) is 1.63. The van der Waals surface area contributed by atoms with Crippen molar-refractivity contribution in [1.29, 1.82) is 0 Å². The Kier molecular flexibility index (Phi) is 2.84. The Morgan fingerprint density at radius 3 is 3.00 bits per heavy atom. The molecule has 24 heavy (non-hydrogen) atoms. The van der Waals surface area contributed by atoms with Crippen molar-refractivity contribution in [2.24, 2.45) is 5.92 Å². The van der Waals surface area contributed by atoms with Crippen LogP contribution in [0, 0.1) is 5.92 Å². The molecule has 0 N–H and O–H groups in total. The molecule has 1 aromatic heterocycles. The number of hydrogen-bond donors (Lipinski definition) is 0. The standard InChI is InChI=1S/C19H21N3O2/c1-13-6-9-22(19(10-13)7-8-19)18(23)17-15-11-24-16-5-3-2-4-14(16)21(15)12-20-17/h2-5,12-13H,6-11H2,1H3. The van der Waals surface area contributed by atoms with Gasteiger partial charge in [0.15, 0.2) is 5.69 Å². The van der Waals surface area contributed by atoms with Gasteiger partial charge in [-0.25, -0.2) is 4.98 Å². The lowest BCUT2D eigenvalue weighted by Crippen LogP contribution is -2.48. The molecule has 1 aliphatic carbocycles. The number of piperidine rings is 1. The molecule has 0 radical (unpaired) electrons. The number of benzene rings is 1. The number of ether oxygens (including phenoxy) is 1. The molecule has 1 saturated heterocycles. The van der Waals surface area contributed by atoms with E-state index in [2.05, 4.69) is 16.8 Å². The molecule has 5 nitrogen and oxygen atoms in total. The highest BCUT2D eigenvalue weighted by molar-refractivity contribution is 5.94. The third-order valence-electron chi connectivity index (χ3n) is 5.78. The molecule has 2 aromatic rings. The highest BCUT2D eigenvalue weighted by Crippen LogP contribution is 2.50. The summed E-state index contributed by atoms with van der Waals surface area (Å²) in [5.41, 5.74) is 2.50. The minimum atomic E-state index is 0.0798. The molecular weight excluding hydrogens is 302 g/mol. The van der Waals surface area contributed by atoms with Crippen molar-refractivity contribution in [2.75, 3.05) is 6.54 Å². The van der Waals surface area contributed by atoms with Crippen molar-refractivity contribution in [3.05, 3.63) is 42.0 Å². The lowest BCUT2D eigenvalue weighted by molar-refractivity contribution is 0.0502. The van der Waals surface area contributed by atoms with Gasteiger partial charge < -0.3 is 9.64 Å². The highest BCUT2D eigenvalue weighted by Gasteiger charge is 2.53. The number of carbonyl (C=O) groups is 1. The van der Waals surface area contributed by atoms with E-state index in [0.29, 0.717) is 18.2 Å². The lowest BCUT2D eigenvalue weighted by atomic mass is 9.90. The van der Waals surface area contributed by atoms with Crippen LogP contribution in [0.4, 0.5) is 0 Å². The Morgan fingerprint density at radius 1 is 1.33 bits per heavy atom. The molecule has 3 aliphatic rings. The molecule has 0 bridgehead atoms. The number of aromatic nitrogens is 2. The number of imidazole rings is 1. The van der Waals surface area contributed by atoms with Gasteiger partial charge in [0.25, 0.3) is 5.91 Å². The third-order valence-corrected chi connectivity index (χ3v) is 5.78. The normalized spacial score (nSPS) is 23.4. The Morgan fingerprint density at radius 2 is 2.17 bits per heavy atom. The fourth-order valence-electron chi connectivity index (χ4n) is 4.33. The first-order valence-corrected chi connectivity index (χ1v) is 8.78. The van der Waals surface area contributed by atoms with E-state index >= 15 is 0 Å². The number of carbonyl (C=O) groups excluding carboxylic acids is 1. The van der Waals surface area contributed by atoms with Gasteiger partial charge in [-0.15, -0.1) is 0 Å². The molecule has 3 heterocycles. The number of likely N-dealkylation sites (tertiary alicyclic amines) is 1. The van der Waals surface area contributed by atoms with Gasteiger partial charge in [0.1, 0.15) is 18.7 Å². The van der Waals surface area contributed by atoms with Crippen LogP contribution in [0.1, 0.15) is 48.8 Å².